The Morgan fingerprint density at radius 1 is 1.33 bits per heavy atom. The molecule has 0 saturated heterocycles. The molecule has 0 aliphatic carbocycles. The molecule has 4 nitrogen and oxygen atoms in total. The van der Waals surface area contributed by atoms with Crippen LogP contribution < -0.4 is 11.1 Å². The Balaban J connectivity index is 3.22. The average molecular weight is 293 g/mol. The minimum absolute atomic E-state index is 0.0115. The van der Waals surface area contributed by atoms with Crippen molar-refractivity contribution in [2.45, 2.75) is 60.1 Å². The predicted molar refractivity (Wildman–Crippen MR) is 89.3 cm³/mol. The number of nitrogens with two attached hydrogens (primary N) is 1. The lowest BCUT2D eigenvalue weighted by Gasteiger charge is -2.38. The number of pyridine rings is 1. The topological polar surface area (TPSA) is 60.2 Å². The van der Waals surface area contributed by atoms with E-state index in [0.717, 1.165) is 24.1 Å². The molecule has 1 aromatic heterocycles. The van der Waals surface area contributed by atoms with Gasteiger partial charge in [-0.25, -0.2) is 4.98 Å². The number of rotatable bonds is 7. The first kappa shape index (κ1) is 17.9. The Morgan fingerprint density at radius 3 is 2.52 bits per heavy atom. The molecule has 21 heavy (non-hydrogen) atoms. The number of aryl methyl sites for hydroxylation is 1. The minimum Gasteiger partial charge on any atom is -0.383 e. The molecule has 2 unspecified atom stereocenters. The van der Waals surface area contributed by atoms with Gasteiger partial charge in [-0.15, -0.1) is 0 Å². The lowest BCUT2D eigenvalue weighted by Crippen LogP contribution is -2.42. The lowest BCUT2D eigenvalue weighted by atomic mass is 9.81. The Bertz CT molecular complexity index is 440. The van der Waals surface area contributed by atoms with Crippen molar-refractivity contribution in [2.75, 3.05) is 18.9 Å². The summed E-state index contributed by atoms with van der Waals surface area (Å²) in [4.78, 5) is 4.31. The van der Waals surface area contributed by atoms with Crippen molar-refractivity contribution < 1.29 is 4.74 Å². The highest BCUT2D eigenvalue weighted by Gasteiger charge is 2.34. The Labute approximate surface area is 129 Å². The molecule has 0 aliphatic heterocycles. The summed E-state index contributed by atoms with van der Waals surface area (Å²) in [7, 11) is 0. The van der Waals surface area contributed by atoms with Crippen molar-refractivity contribution in [3.63, 3.8) is 0 Å². The monoisotopic (exact) mass is 293 g/mol. The molecule has 0 bridgehead atoms. The van der Waals surface area contributed by atoms with E-state index in [2.05, 4.69) is 44.1 Å². The van der Waals surface area contributed by atoms with E-state index < -0.39 is 0 Å². The summed E-state index contributed by atoms with van der Waals surface area (Å²) in [5.74, 6) is 0.586. The maximum Gasteiger partial charge on any atom is 0.128 e. The van der Waals surface area contributed by atoms with Crippen molar-refractivity contribution >= 4 is 5.82 Å². The van der Waals surface area contributed by atoms with Gasteiger partial charge >= 0.3 is 0 Å². The van der Waals surface area contributed by atoms with Crippen LogP contribution in [0.3, 0.4) is 0 Å². The third kappa shape index (κ3) is 4.97. The van der Waals surface area contributed by atoms with Crippen LogP contribution in [0.1, 0.15) is 58.2 Å². The van der Waals surface area contributed by atoms with E-state index in [4.69, 9.17) is 10.5 Å². The predicted octanol–water partition coefficient (Wildman–Crippen LogP) is 3.46. The van der Waals surface area contributed by atoms with Crippen molar-refractivity contribution in [3.05, 3.63) is 23.4 Å². The van der Waals surface area contributed by atoms with Gasteiger partial charge in [0.25, 0.3) is 0 Å². The molecule has 3 N–H and O–H groups in total. The second-order valence-corrected chi connectivity index (χ2v) is 6.66. The average Bonchev–Trinajstić information content (AvgIpc) is 2.40. The van der Waals surface area contributed by atoms with Crippen molar-refractivity contribution in [2.24, 2.45) is 5.41 Å². The summed E-state index contributed by atoms with van der Waals surface area (Å²) in [6, 6.07) is 2.17. The minimum atomic E-state index is 0.0115. The van der Waals surface area contributed by atoms with Crippen LogP contribution >= 0.6 is 0 Å². The number of nitrogens with one attached hydrogen (secondary N) is 1. The molecule has 4 heteroatoms. The summed E-state index contributed by atoms with van der Waals surface area (Å²) < 4.78 is 6.07. The van der Waals surface area contributed by atoms with E-state index in [1.807, 2.05) is 20.0 Å². The molecule has 0 aromatic carbocycles. The fraction of sp³-hybridized carbons (Fsp3) is 0.706. The van der Waals surface area contributed by atoms with Crippen LogP contribution in [0.5, 0.6) is 0 Å². The molecule has 0 aliphatic rings. The van der Waals surface area contributed by atoms with E-state index in [1.54, 1.807) is 0 Å². The molecule has 1 rings (SSSR count). The molecule has 0 fully saturated rings. The molecule has 0 saturated carbocycles. The number of ether oxygens (including phenoxy) is 1. The molecule has 0 amide bonds. The van der Waals surface area contributed by atoms with Crippen LogP contribution in [0.25, 0.3) is 0 Å². The van der Waals surface area contributed by atoms with Gasteiger partial charge in [0.05, 0.1) is 12.1 Å². The molecule has 1 aromatic rings. The molecule has 2 atom stereocenters. The summed E-state index contributed by atoms with van der Waals surface area (Å²) >= 11 is 0. The maximum atomic E-state index is 6.13. The second-order valence-electron chi connectivity index (χ2n) is 6.66. The smallest absolute Gasteiger partial charge is 0.128 e. The Kier molecular flexibility index (Phi) is 6.62. The summed E-state index contributed by atoms with van der Waals surface area (Å²) in [5.41, 5.74) is 8.30. The first-order chi connectivity index (χ1) is 9.81. The van der Waals surface area contributed by atoms with E-state index in [-0.39, 0.29) is 17.6 Å². The number of hydrogen-bond acceptors (Lipinski definition) is 4. The molecular formula is C17H31N3O. The quantitative estimate of drug-likeness (QED) is 0.808. The van der Waals surface area contributed by atoms with Crippen LogP contribution in [-0.2, 0) is 4.74 Å². The van der Waals surface area contributed by atoms with Crippen LogP contribution in [0.4, 0.5) is 5.82 Å². The summed E-state index contributed by atoms with van der Waals surface area (Å²) in [5, 5.41) is 3.60. The normalized spacial score (nSPS) is 15.0. The van der Waals surface area contributed by atoms with Crippen LogP contribution in [-0.4, -0.2) is 24.2 Å². The molecular weight excluding hydrogens is 262 g/mol. The largest absolute Gasteiger partial charge is 0.383 e. The van der Waals surface area contributed by atoms with Crippen molar-refractivity contribution in [3.8, 4) is 0 Å². The van der Waals surface area contributed by atoms with Gasteiger partial charge in [0, 0.05) is 18.4 Å². The zero-order valence-electron chi connectivity index (χ0n) is 14.4. The van der Waals surface area contributed by atoms with Gasteiger partial charge in [-0.3, -0.25) is 0 Å². The van der Waals surface area contributed by atoms with Gasteiger partial charge < -0.3 is 15.8 Å². The van der Waals surface area contributed by atoms with Crippen molar-refractivity contribution in [1.29, 1.82) is 0 Å². The zero-order chi connectivity index (χ0) is 16.0. The highest BCUT2D eigenvalue weighted by atomic mass is 16.5. The maximum absolute atomic E-state index is 6.13. The van der Waals surface area contributed by atoms with Gasteiger partial charge in [0.15, 0.2) is 0 Å². The van der Waals surface area contributed by atoms with Gasteiger partial charge in [-0.2, -0.15) is 0 Å². The standard InChI is InChI=1S/C17H31N3O/c1-7-9-19-14(15(21-8-2)17(4,5)6)13-10-12(3)11-20-16(13)18/h10-11,14-15,19H,7-9H2,1-6H3,(H2,18,20). The SMILES string of the molecule is CCCNC(c1cc(C)cnc1N)C(OCC)C(C)(C)C. The number of nitrogen functional groups attached to an aromatic ring is 1. The third-order valence-corrected chi connectivity index (χ3v) is 3.54. The molecule has 0 radical (unpaired) electrons. The van der Waals surface area contributed by atoms with Gasteiger partial charge in [-0.1, -0.05) is 27.7 Å². The Hall–Kier alpha value is -1.13. The third-order valence-electron chi connectivity index (χ3n) is 3.54. The summed E-state index contributed by atoms with van der Waals surface area (Å²) in [6.45, 7) is 14.5. The molecule has 0 spiro atoms. The fourth-order valence-electron chi connectivity index (χ4n) is 2.56. The number of aromatic nitrogens is 1. The van der Waals surface area contributed by atoms with Crippen LogP contribution in [0.2, 0.25) is 0 Å². The highest BCUT2D eigenvalue weighted by Crippen LogP contribution is 2.34. The van der Waals surface area contributed by atoms with E-state index in [9.17, 15) is 0 Å². The van der Waals surface area contributed by atoms with Crippen LogP contribution in [0.15, 0.2) is 12.3 Å². The van der Waals surface area contributed by atoms with Crippen LogP contribution in [0, 0.1) is 12.3 Å². The lowest BCUT2D eigenvalue weighted by molar-refractivity contribution is -0.0364. The van der Waals surface area contributed by atoms with Gasteiger partial charge in [0.2, 0.25) is 0 Å². The number of anilines is 1. The first-order valence-electron chi connectivity index (χ1n) is 7.88. The fourth-order valence-corrected chi connectivity index (χ4v) is 2.56. The van der Waals surface area contributed by atoms with Gasteiger partial charge in [-0.05, 0) is 43.9 Å². The zero-order valence-corrected chi connectivity index (χ0v) is 14.4. The number of nitrogens with zero attached hydrogens (tertiary/aromatic N) is 1. The van der Waals surface area contributed by atoms with Gasteiger partial charge in [0.1, 0.15) is 5.82 Å². The summed E-state index contributed by atoms with van der Waals surface area (Å²) in [6.07, 6.45) is 2.92. The molecule has 1 heterocycles. The van der Waals surface area contributed by atoms with E-state index in [1.165, 1.54) is 0 Å². The van der Waals surface area contributed by atoms with E-state index >= 15 is 0 Å². The number of hydrogen-bond donors (Lipinski definition) is 2. The van der Waals surface area contributed by atoms with Crippen molar-refractivity contribution in [1.82, 2.24) is 10.3 Å². The van der Waals surface area contributed by atoms with E-state index in [0.29, 0.717) is 12.4 Å². The first-order valence-corrected chi connectivity index (χ1v) is 7.88. The highest BCUT2D eigenvalue weighted by molar-refractivity contribution is 5.43. The Morgan fingerprint density at radius 2 is 2.00 bits per heavy atom. The molecule has 120 valence electrons. The second kappa shape index (κ2) is 7.76.